The van der Waals surface area contributed by atoms with Crippen molar-refractivity contribution >= 4 is 33.4 Å². The largest absolute Gasteiger partial charge is 0.342 e. The van der Waals surface area contributed by atoms with E-state index < -0.39 is 5.54 Å². The van der Waals surface area contributed by atoms with Gasteiger partial charge in [-0.2, -0.15) is 0 Å². The van der Waals surface area contributed by atoms with Crippen LogP contribution in [-0.4, -0.2) is 23.9 Å². The van der Waals surface area contributed by atoms with Gasteiger partial charge in [0.25, 0.3) is 5.91 Å². The lowest BCUT2D eigenvalue weighted by atomic mass is 9.97. The van der Waals surface area contributed by atoms with Gasteiger partial charge in [-0.05, 0) is 47.5 Å². The molecule has 0 spiro atoms. The van der Waals surface area contributed by atoms with E-state index >= 15 is 0 Å². The second kappa shape index (κ2) is 5.52. The lowest BCUT2D eigenvalue weighted by Crippen LogP contribution is -2.54. The van der Waals surface area contributed by atoms with Gasteiger partial charge in [0, 0.05) is 18.7 Å². The Labute approximate surface area is 125 Å². The van der Waals surface area contributed by atoms with E-state index in [1.807, 2.05) is 6.92 Å². The molecule has 1 heterocycles. The van der Waals surface area contributed by atoms with Crippen LogP contribution in [0.25, 0.3) is 0 Å². The first-order valence-corrected chi connectivity index (χ1v) is 7.24. The van der Waals surface area contributed by atoms with E-state index in [9.17, 15) is 14.0 Å². The number of nitrogens with one attached hydrogen (secondary N) is 1. The fourth-order valence-electron chi connectivity index (χ4n) is 2.18. The van der Waals surface area contributed by atoms with E-state index in [1.54, 1.807) is 19.1 Å². The number of nitrogens with zero attached hydrogens (tertiary/aromatic N) is 1. The molecule has 1 saturated heterocycles. The van der Waals surface area contributed by atoms with Crippen LogP contribution in [0, 0.1) is 5.82 Å². The van der Waals surface area contributed by atoms with Crippen molar-refractivity contribution in [1.29, 1.82) is 0 Å². The number of anilines is 1. The Morgan fingerprint density at radius 3 is 2.75 bits per heavy atom. The van der Waals surface area contributed by atoms with Gasteiger partial charge in [0.1, 0.15) is 11.4 Å². The minimum atomic E-state index is -0.922. The second-order valence-electron chi connectivity index (χ2n) is 5.04. The maximum Gasteiger partial charge on any atom is 0.252 e. The first-order chi connectivity index (χ1) is 9.37. The zero-order chi connectivity index (χ0) is 14.9. The summed E-state index contributed by atoms with van der Waals surface area (Å²) in [4.78, 5) is 25.9. The maximum atomic E-state index is 13.3. The van der Waals surface area contributed by atoms with Crippen LogP contribution in [0.4, 0.5) is 10.1 Å². The Bertz CT molecular complexity index is 564. The molecule has 1 unspecified atom stereocenters. The van der Waals surface area contributed by atoms with Crippen molar-refractivity contribution in [2.75, 3.05) is 11.4 Å². The third kappa shape index (κ3) is 2.70. The van der Waals surface area contributed by atoms with Crippen LogP contribution in [0.3, 0.4) is 0 Å². The lowest BCUT2D eigenvalue weighted by Gasteiger charge is -2.31. The second-order valence-corrected chi connectivity index (χ2v) is 5.89. The molecule has 1 fully saturated rings. The Kier molecular flexibility index (Phi) is 4.13. The summed E-state index contributed by atoms with van der Waals surface area (Å²) in [6.45, 7) is 3.85. The van der Waals surface area contributed by atoms with Crippen LogP contribution < -0.4 is 10.2 Å². The molecule has 2 rings (SSSR count). The Balaban J connectivity index is 2.41. The van der Waals surface area contributed by atoms with Gasteiger partial charge in [-0.1, -0.05) is 6.92 Å². The third-order valence-corrected chi connectivity index (χ3v) is 4.22. The molecule has 108 valence electrons. The molecule has 1 aromatic carbocycles. The molecule has 1 aliphatic heterocycles. The van der Waals surface area contributed by atoms with E-state index in [-0.39, 0.29) is 24.1 Å². The van der Waals surface area contributed by atoms with Gasteiger partial charge in [-0.15, -0.1) is 0 Å². The summed E-state index contributed by atoms with van der Waals surface area (Å²) in [5.41, 5.74) is -0.339. The zero-order valence-electron chi connectivity index (χ0n) is 11.4. The molecule has 1 N–H and O–H groups in total. The van der Waals surface area contributed by atoms with Crippen LogP contribution in [0.15, 0.2) is 22.7 Å². The summed E-state index contributed by atoms with van der Waals surface area (Å²) < 4.78 is 13.6. The molecule has 0 saturated carbocycles. The molecule has 1 atom stereocenters. The molecule has 20 heavy (non-hydrogen) atoms. The average Bonchev–Trinajstić information content (AvgIpc) is 2.52. The van der Waals surface area contributed by atoms with E-state index in [4.69, 9.17) is 0 Å². The standard InChI is InChI=1S/C14H16BrFN2O2/c1-3-14(2)13(20)18(7-6-12(19)17-14)9-4-5-11(16)10(15)8-9/h4-5,8H,3,6-7H2,1-2H3,(H,17,19). The monoisotopic (exact) mass is 342 g/mol. The predicted octanol–water partition coefficient (Wildman–Crippen LogP) is 2.61. The highest BCUT2D eigenvalue weighted by Gasteiger charge is 2.39. The summed E-state index contributed by atoms with van der Waals surface area (Å²) in [5.74, 6) is -0.709. The smallest absolute Gasteiger partial charge is 0.252 e. The predicted molar refractivity (Wildman–Crippen MR) is 77.9 cm³/mol. The lowest BCUT2D eigenvalue weighted by molar-refractivity contribution is -0.129. The highest BCUT2D eigenvalue weighted by atomic mass is 79.9. The maximum absolute atomic E-state index is 13.3. The normalized spacial score (nSPS) is 23.5. The van der Waals surface area contributed by atoms with Gasteiger partial charge >= 0.3 is 0 Å². The van der Waals surface area contributed by atoms with Crippen molar-refractivity contribution in [2.45, 2.75) is 32.2 Å². The summed E-state index contributed by atoms with van der Waals surface area (Å²) in [6, 6.07) is 4.40. The minimum Gasteiger partial charge on any atom is -0.342 e. The molecule has 0 radical (unpaired) electrons. The fourth-order valence-corrected chi connectivity index (χ4v) is 2.54. The van der Waals surface area contributed by atoms with Crippen LogP contribution in [0.5, 0.6) is 0 Å². The average molecular weight is 343 g/mol. The molecule has 0 aliphatic carbocycles. The Morgan fingerprint density at radius 2 is 2.15 bits per heavy atom. The molecule has 2 amide bonds. The highest BCUT2D eigenvalue weighted by molar-refractivity contribution is 9.10. The van der Waals surface area contributed by atoms with Gasteiger partial charge in [-0.3, -0.25) is 9.59 Å². The van der Waals surface area contributed by atoms with Gasteiger partial charge in [-0.25, -0.2) is 4.39 Å². The number of amides is 2. The number of carbonyl (C=O) groups is 2. The summed E-state index contributed by atoms with van der Waals surface area (Å²) in [5, 5.41) is 2.76. The summed E-state index contributed by atoms with van der Waals surface area (Å²) >= 11 is 3.11. The Hall–Kier alpha value is -1.43. The van der Waals surface area contributed by atoms with Gasteiger partial charge in [0.2, 0.25) is 5.91 Å². The first kappa shape index (κ1) is 15.0. The van der Waals surface area contributed by atoms with Gasteiger partial charge in [0.15, 0.2) is 0 Å². The van der Waals surface area contributed by atoms with Crippen molar-refractivity contribution in [3.63, 3.8) is 0 Å². The molecular weight excluding hydrogens is 327 g/mol. The van der Waals surface area contributed by atoms with Crippen molar-refractivity contribution in [1.82, 2.24) is 5.32 Å². The van der Waals surface area contributed by atoms with E-state index in [0.717, 1.165) is 0 Å². The molecule has 4 nitrogen and oxygen atoms in total. The van der Waals surface area contributed by atoms with E-state index in [2.05, 4.69) is 21.2 Å². The number of carbonyl (C=O) groups excluding carboxylic acids is 2. The van der Waals surface area contributed by atoms with Crippen molar-refractivity contribution in [3.8, 4) is 0 Å². The number of hydrogen-bond donors (Lipinski definition) is 1. The van der Waals surface area contributed by atoms with Crippen molar-refractivity contribution in [2.24, 2.45) is 0 Å². The number of benzene rings is 1. The molecule has 6 heteroatoms. The van der Waals surface area contributed by atoms with Crippen LogP contribution in [-0.2, 0) is 9.59 Å². The van der Waals surface area contributed by atoms with E-state index in [1.165, 1.54) is 11.0 Å². The summed E-state index contributed by atoms with van der Waals surface area (Å²) in [6.07, 6.45) is 0.729. The highest BCUT2D eigenvalue weighted by Crippen LogP contribution is 2.27. The van der Waals surface area contributed by atoms with Crippen molar-refractivity contribution < 1.29 is 14.0 Å². The number of halogens is 2. The zero-order valence-corrected chi connectivity index (χ0v) is 13.0. The van der Waals surface area contributed by atoms with Crippen LogP contribution in [0.1, 0.15) is 26.7 Å². The first-order valence-electron chi connectivity index (χ1n) is 6.45. The molecule has 0 bridgehead atoms. The van der Waals surface area contributed by atoms with Crippen molar-refractivity contribution in [3.05, 3.63) is 28.5 Å². The molecular formula is C14H16BrFN2O2. The SMILES string of the molecule is CCC1(C)NC(=O)CCN(c2ccc(F)c(Br)c2)C1=O. The van der Waals surface area contributed by atoms with Gasteiger partial charge < -0.3 is 10.2 Å². The third-order valence-electron chi connectivity index (χ3n) is 3.62. The molecule has 1 aromatic rings. The quantitative estimate of drug-likeness (QED) is 0.898. The minimum absolute atomic E-state index is 0.147. The Morgan fingerprint density at radius 1 is 1.45 bits per heavy atom. The summed E-state index contributed by atoms with van der Waals surface area (Å²) in [7, 11) is 0. The fraction of sp³-hybridized carbons (Fsp3) is 0.429. The van der Waals surface area contributed by atoms with Gasteiger partial charge in [0.05, 0.1) is 4.47 Å². The topological polar surface area (TPSA) is 49.4 Å². The molecule has 1 aliphatic rings. The van der Waals surface area contributed by atoms with Crippen LogP contribution >= 0.6 is 15.9 Å². The van der Waals surface area contributed by atoms with E-state index in [0.29, 0.717) is 23.1 Å². The number of rotatable bonds is 2. The number of hydrogen-bond acceptors (Lipinski definition) is 2. The van der Waals surface area contributed by atoms with Crippen LogP contribution in [0.2, 0.25) is 0 Å². The molecule has 0 aromatic heterocycles.